The minimum atomic E-state index is -1.32. The Balaban J connectivity index is 1.99. The third-order valence-electron chi connectivity index (χ3n) is 4.61. The normalized spacial score (nSPS) is 13.0. The Bertz CT molecular complexity index is 967. The summed E-state index contributed by atoms with van der Waals surface area (Å²) in [4.78, 5) is 0.700. The second-order valence-electron chi connectivity index (χ2n) is 6.47. The van der Waals surface area contributed by atoms with Gasteiger partial charge in [-0.25, -0.2) is 0 Å². The molecule has 0 aromatic heterocycles. The van der Waals surface area contributed by atoms with E-state index >= 15 is 0 Å². The fourth-order valence-electron chi connectivity index (χ4n) is 3.15. The number of aliphatic hydroxyl groups excluding tert-OH is 1. The standard InChI is InChI=1S/C23H24O4S/c1-16-11-13-17(14-12-16)28(25)15-20(24)18-8-6-10-22(27-3)23(18)19-7-4-5-9-21(19)26-2/h4-14,20,24H,15H2,1-3H3/t20-,28?/m0/s1. The SMILES string of the molecule is COc1ccccc1-c1c(OC)cccc1[C@@H](O)CS(=O)c1ccc(C)cc1. The lowest BCUT2D eigenvalue weighted by Gasteiger charge is -2.20. The summed E-state index contributed by atoms with van der Waals surface area (Å²) in [6, 6.07) is 20.6. The van der Waals surface area contributed by atoms with Crippen molar-refractivity contribution in [3.63, 3.8) is 0 Å². The van der Waals surface area contributed by atoms with Gasteiger partial charge in [0.1, 0.15) is 11.5 Å². The van der Waals surface area contributed by atoms with Crippen molar-refractivity contribution >= 4 is 10.8 Å². The minimum absolute atomic E-state index is 0.0956. The van der Waals surface area contributed by atoms with E-state index in [0.29, 0.717) is 22.0 Å². The van der Waals surface area contributed by atoms with Crippen LogP contribution in [-0.4, -0.2) is 29.3 Å². The van der Waals surface area contributed by atoms with Crippen molar-refractivity contribution in [2.24, 2.45) is 0 Å². The average Bonchev–Trinajstić information content (AvgIpc) is 2.73. The molecule has 0 aliphatic heterocycles. The van der Waals surface area contributed by atoms with Crippen LogP contribution in [0, 0.1) is 6.92 Å². The average molecular weight is 397 g/mol. The van der Waals surface area contributed by atoms with Gasteiger partial charge in [0.15, 0.2) is 0 Å². The molecule has 0 spiro atoms. The van der Waals surface area contributed by atoms with Crippen molar-refractivity contribution in [3.05, 3.63) is 77.9 Å². The molecule has 5 heteroatoms. The van der Waals surface area contributed by atoms with Gasteiger partial charge in [-0.1, -0.05) is 48.0 Å². The van der Waals surface area contributed by atoms with Crippen molar-refractivity contribution in [2.45, 2.75) is 17.9 Å². The topological polar surface area (TPSA) is 55.8 Å². The van der Waals surface area contributed by atoms with Crippen LogP contribution in [0.15, 0.2) is 71.6 Å². The van der Waals surface area contributed by atoms with E-state index in [1.165, 1.54) is 0 Å². The molecule has 0 saturated heterocycles. The molecule has 0 aliphatic rings. The number of aliphatic hydroxyl groups is 1. The third kappa shape index (κ3) is 4.26. The molecule has 1 unspecified atom stereocenters. The Kier molecular flexibility index (Phi) is 6.49. The second-order valence-corrected chi connectivity index (χ2v) is 7.96. The van der Waals surface area contributed by atoms with Crippen molar-refractivity contribution < 1.29 is 18.8 Å². The fraction of sp³-hybridized carbons (Fsp3) is 0.217. The Morgan fingerprint density at radius 1 is 0.893 bits per heavy atom. The number of aryl methyl sites for hydroxylation is 1. The van der Waals surface area contributed by atoms with Crippen molar-refractivity contribution in [3.8, 4) is 22.6 Å². The zero-order chi connectivity index (χ0) is 20.1. The van der Waals surface area contributed by atoms with E-state index in [4.69, 9.17) is 9.47 Å². The van der Waals surface area contributed by atoms with E-state index in [-0.39, 0.29) is 5.75 Å². The highest BCUT2D eigenvalue weighted by Gasteiger charge is 2.22. The zero-order valence-electron chi connectivity index (χ0n) is 16.2. The molecule has 0 bridgehead atoms. The van der Waals surface area contributed by atoms with Gasteiger partial charge in [-0.05, 0) is 36.8 Å². The molecule has 0 aliphatic carbocycles. The summed E-state index contributed by atoms with van der Waals surface area (Å²) in [7, 11) is 1.88. The Labute approximate surface area is 168 Å². The van der Waals surface area contributed by atoms with Gasteiger partial charge in [0, 0.05) is 16.0 Å². The number of hydrogen-bond donors (Lipinski definition) is 1. The van der Waals surface area contributed by atoms with Crippen LogP contribution in [0.1, 0.15) is 17.2 Å². The molecule has 4 nitrogen and oxygen atoms in total. The van der Waals surface area contributed by atoms with Crippen LogP contribution in [0.4, 0.5) is 0 Å². The van der Waals surface area contributed by atoms with Gasteiger partial charge >= 0.3 is 0 Å². The summed E-state index contributed by atoms with van der Waals surface area (Å²) in [6.45, 7) is 1.98. The second kappa shape index (κ2) is 9.04. The quantitative estimate of drug-likeness (QED) is 0.638. The van der Waals surface area contributed by atoms with E-state index in [9.17, 15) is 9.32 Å². The summed E-state index contributed by atoms with van der Waals surface area (Å²) in [6.07, 6.45) is -0.919. The summed E-state index contributed by atoms with van der Waals surface area (Å²) in [5.74, 6) is 1.40. The first-order chi connectivity index (χ1) is 13.5. The van der Waals surface area contributed by atoms with Crippen molar-refractivity contribution in [1.29, 1.82) is 0 Å². The fourth-order valence-corrected chi connectivity index (χ4v) is 4.25. The molecule has 3 aromatic rings. The maximum Gasteiger partial charge on any atom is 0.127 e. The van der Waals surface area contributed by atoms with Crippen LogP contribution in [0.25, 0.3) is 11.1 Å². The summed E-state index contributed by atoms with van der Waals surface area (Å²) >= 11 is 0. The van der Waals surface area contributed by atoms with E-state index in [2.05, 4.69) is 0 Å². The van der Waals surface area contributed by atoms with Crippen LogP contribution in [0.3, 0.4) is 0 Å². The molecule has 2 atom stereocenters. The monoisotopic (exact) mass is 396 g/mol. The maximum absolute atomic E-state index is 12.8. The van der Waals surface area contributed by atoms with Crippen LogP contribution in [0.2, 0.25) is 0 Å². The van der Waals surface area contributed by atoms with E-state index in [1.54, 1.807) is 14.2 Å². The lowest BCUT2D eigenvalue weighted by Crippen LogP contribution is -2.11. The molecule has 0 saturated carbocycles. The van der Waals surface area contributed by atoms with E-state index in [1.807, 2.05) is 73.7 Å². The molecular formula is C23H24O4S. The van der Waals surface area contributed by atoms with Gasteiger partial charge in [0.2, 0.25) is 0 Å². The van der Waals surface area contributed by atoms with Crippen molar-refractivity contribution in [1.82, 2.24) is 0 Å². The molecule has 1 N–H and O–H groups in total. The van der Waals surface area contributed by atoms with Crippen LogP contribution in [-0.2, 0) is 10.8 Å². The molecule has 0 fully saturated rings. The van der Waals surface area contributed by atoms with Gasteiger partial charge in [-0.2, -0.15) is 0 Å². The number of ether oxygens (including phenoxy) is 2. The van der Waals surface area contributed by atoms with Crippen LogP contribution >= 0.6 is 0 Å². The largest absolute Gasteiger partial charge is 0.496 e. The van der Waals surface area contributed by atoms with Gasteiger partial charge in [-0.15, -0.1) is 0 Å². The Morgan fingerprint density at radius 2 is 1.54 bits per heavy atom. The molecule has 0 radical (unpaired) electrons. The lowest BCUT2D eigenvalue weighted by atomic mass is 9.95. The highest BCUT2D eigenvalue weighted by atomic mass is 32.2. The smallest absolute Gasteiger partial charge is 0.127 e. The summed E-state index contributed by atoms with van der Waals surface area (Å²) < 4.78 is 23.8. The molecule has 28 heavy (non-hydrogen) atoms. The molecule has 0 amide bonds. The highest BCUT2D eigenvalue weighted by Crippen LogP contribution is 2.41. The predicted molar refractivity (Wildman–Crippen MR) is 112 cm³/mol. The molecular weight excluding hydrogens is 372 g/mol. The van der Waals surface area contributed by atoms with Gasteiger partial charge in [0.25, 0.3) is 0 Å². The Morgan fingerprint density at radius 3 is 2.21 bits per heavy atom. The zero-order valence-corrected chi connectivity index (χ0v) is 17.0. The first-order valence-corrected chi connectivity index (χ1v) is 10.3. The van der Waals surface area contributed by atoms with Gasteiger partial charge in [0.05, 0.1) is 36.9 Å². The Hall–Kier alpha value is -2.63. The maximum atomic E-state index is 12.8. The summed E-state index contributed by atoms with van der Waals surface area (Å²) in [5.41, 5.74) is 3.32. The number of rotatable bonds is 7. The number of methoxy groups -OCH3 is 2. The van der Waals surface area contributed by atoms with Gasteiger partial charge in [-0.3, -0.25) is 4.21 Å². The van der Waals surface area contributed by atoms with Crippen molar-refractivity contribution in [2.75, 3.05) is 20.0 Å². The van der Waals surface area contributed by atoms with E-state index in [0.717, 1.165) is 16.7 Å². The lowest BCUT2D eigenvalue weighted by molar-refractivity contribution is 0.203. The molecule has 3 aromatic carbocycles. The number of para-hydroxylation sites is 1. The van der Waals surface area contributed by atoms with Gasteiger partial charge < -0.3 is 14.6 Å². The predicted octanol–water partition coefficient (Wildman–Crippen LogP) is 4.52. The first kappa shape index (κ1) is 20.1. The van der Waals surface area contributed by atoms with E-state index < -0.39 is 16.9 Å². The first-order valence-electron chi connectivity index (χ1n) is 8.98. The number of benzene rings is 3. The number of hydrogen-bond acceptors (Lipinski definition) is 4. The minimum Gasteiger partial charge on any atom is -0.496 e. The van der Waals surface area contributed by atoms with Crippen LogP contribution < -0.4 is 9.47 Å². The third-order valence-corrected chi connectivity index (χ3v) is 6.02. The molecule has 146 valence electrons. The summed E-state index contributed by atoms with van der Waals surface area (Å²) in [5, 5.41) is 10.9. The van der Waals surface area contributed by atoms with Crippen LogP contribution in [0.5, 0.6) is 11.5 Å². The molecule has 0 heterocycles. The highest BCUT2D eigenvalue weighted by molar-refractivity contribution is 7.85. The molecule has 3 rings (SSSR count).